The number of hydrogen-bond acceptors (Lipinski definition) is 15. The van der Waals surface area contributed by atoms with E-state index >= 15 is 4.39 Å². The van der Waals surface area contributed by atoms with Gasteiger partial charge in [0.1, 0.15) is 18.2 Å². The van der Waals surface area contributed by atoms with E-state index in [-0.39, 0.29) is 137 Å². The fourth-order valence-electron chi connectivity index (χ4n) is 12.1. The van der Waals surface area contributed by atoms with Crippen molar-refractivity contribution in [1.82, 2.24) is 35.7 Å². The van der Waals surface area contributed by atoms with E-state index in [0.29, 0.717) is 83.1 Å². The Labute approximate surface area is 495 Å². The number of imide groups is 1. The van der Waals surface area contributed by atoms with E-state index in [2.05, 4.69) is 21.3 Å². The molecule has 2 aromatic carbocycles. The number of carboxylic acid groups (broad SMARTS) is 1. The number of ether oxygens (including phenoxy) is 1. The number of amides is 6. The van der Waals surface area contributed by atoms with Crippen LogP contribution in [0.4, 0.5) is 4.39 Å². The van der Waals surface area contributed by atoms with Gasteiger partial charge in [0.05, 0.1) is 60.0 Å². The highest BCUT2D eigenvalue weighted by molar-refractivity contribution is 6.03. The Balaban J connectivity index is 0.784. The van der Waals surface area contributed by atoms with Crippen LogP contribution >= 0.6 is 0 Å². The van der Waals surface area contributed by atoms with Gasteiger partial charge in [-0.25, -0.2) is 14.2 Å². The molecule has 0 radical (unpaired) electrons. The molecule has 1 saturated heterocycles. The lowest BCUT2D eigenvalue weighted by Crippen LogP contribution is -2.44. The van der Waals surface area contributed by atoms with E-state index in [9.17, 15) is 67.7 Å². The van der Waals surface area contributed by atoms with Crippen LogP contribution < -0.4 is 26.8 Å². The van der Waals surface area contributed by atoms with Gasteiger partial charge >= 0.3 is 11.9 Å². The number of aromatic nitrogens is 2. The minimum absolute atomic E-state index is 0.00209. The van der Waals surface area contributed by atoms with E-state index in [1.807, 2.05) is 6.92 Å². The third kappa shape index (κ3) is 14.7. The summed E-state index contributed by atoms with van der Waals surface area (Å²) in [6.07, 6.45) is 2.03. The molecule has 86 heavy (non-hydrogen) atoms. The summed E-state index contributed by atoms with van der Waals surface area (Å²) in [4.78, 5) is 162. The second-order valence-electron chi connectivity index (χ2n) is 22.9. The number of carboxylic acids is 1. The Morgan fingerprint density at radius 3 is 2.33 bits per heavy atom. The molecule has 4 aliphatic rings. The molecule has 3 aliphatic heterocycles. The number of hydrogen-bond donors (Lipinski definition) is 6. The third-order valence-electron chi connectivity index (χ3n) is 16.9. The van der Waals surface area contributed by atoms with Crippen LogP contribution in [0.5, 0.6) is 0 Å². The first-order valence-corrected chi connectivity index (χ1v) is 29.7. The van der Waals surface area contributed by atoms with Crippen LogP contribution in [0.15, 0.2) is 47.3 Å². The molecule has 0 bridgehead atoms. The number of aliphatic hydroxyl groups is 1. The van der Waals surface area contributed by atoms with E-state index < -0.39 is 89.2 Å². The standard InChI is InChI=1S/C63H74FN7O15/c1-4-13-37-28-54(78)70(60(37)82)25-11-7-10-16-39(72)27-38(29-55(79)80)59(81)66-32-40(73)18-22-53(77)68-47(26-36-14-8-6-9-15-36)50(74)21-23-51(75)65-24-12-17-52(76)67-46-20-19-41-35(3)45(64)31-48-56(41)57(46)42-33-71-49(58(42)69-48)30-44-43(61(71)83)34-86-62(84)63(44,85)5-2/h6,8-9,14-15,30-31,37-38,46-47,85H,4-5,7,10-13,16-29,32-34H2,1-3H3,(H,65,75)(H,66,81)(H,67,76)(H,68,77)(H,79,80)/t37?,38-,46-,47-,63-/m0/s1. The highest BCUT2D eigenvalue weighted by atomic mass is 19.1. The van der Waals surface area contributed by atoms with E-state index in [4.69, 9.17) is 9.72 Å². The number of aryl methyl sites for hydroxylation is 1. The average Bonchev–Trinajstić information content (AvgIpc) is 1.46. The average molecular weight is 1190 g/mol. The van der Waals surface area contributed by atoms with Crippen LogP contribution in [0, 0.1) is 24.6 Å². The van der Waals surface area contributed by atoms with Gasteiger partial charge in [0.25, 0.3) is 5.56 Å². The van der Waals surface area contributed by atoms with Crippen LogP contribution in [0.1, 0.15) is 168 Å². The van der Waals surface area contributed by atoms with Gasteiger partial charge in [0.15, 0.2) is 17.2 Å². The Bertz CT molecular complexity index is 3440. The van der Waals surface area contributed by atoms with Crippen molar-refractivity contribution in [3.63, 3.8) is 0 Å². The molecule has 4 aromatic rings. The monoisotopic (exact) mass is 1190 g/mol. The van der Waals surface area contributed by atoms with Crippen molar-refractivity contribution in [3.8, 4) is 11.4 Å². The molecule has 8 rings (SSSR count). The van der Waals surface area contributed by atoms with Gasteiger partial charge in [0, 0.05) is 93.0 Å². The van der Waals surface area contributed by atoms with Crippen molar-refractivity contribution in [3.05, 3.63) is 97.6 Å². The summed E-state index contributed by atoms with van der Waals surface area (Å²) in [5.41, 5.74) is 2.08. The Morgan fingerprint density at radius 2 is 1.59 bits per heavy atom. The second kappa shape index (κ2) is 28.2. The Hall–Kier alpha value is -8.34. The minimum atomic E-state index is -2.05. The molecular formula is C63H74FN7O15. The van der Waals surface area contributed by atoms with Gasteiger partial charge in [-0.1, -0.05) is 57.0 Å². The number of carbonyl (C=O) groups is 11. The van der Waals surface area contributed by atoms with E-state index in [0.717, 1.165) is 12.0 Å². The number of nitrogens with zero attached hydrogens (tertiary/aromatic N) is 3. The van der Waals surface area contributed by atoms with Crippen LogP contribution in [-0.2, 0) is 89.1 Å². The predicted octanol–water partition coefficient (Wildman–Crippen LogP) is 4.86. The first-order chi connectivity index (χ1) is 41.1. The number of unbranched alkanes of at least 4 members (excludes halogenated alkanes) is 2. The lowest BCUT2D eigenvalue weighted by atomic mass is 9.81. The molecule has 458 valence electrons. The number of cyclic esters (lactones) is 1. The van der Waals surface area contributed by atoms with Crippen LogP contribution in [0.25, 0.3) is 22.3 Å². The molecule has 1 fully saturated rings. The molecule has 6 amide bonds. The number of ketones is 3. The quantitative estimate of drug-likeness (QED) is 0.0196. The first kappa shape index (κ1) is 63.7. The van der Waals surface area contributed by atoms with Crippen LogP contribution in [0.2, 0.25) is 0 Å². The largest absolute Gasteiger partial charge is 0.481 e. The lowest BCUT2D eigenvalue weighted by Gasteiger charge is -2.31. The zero-order chi connectivity index (χ0) is 62.0. The van der Waals surface area contributed by atoms with Crippen molar-refractivity contribution in [2.45, 2.75) is 174 Å². The fourth-order valence-corrected chi connectivity index (χ4v) is 12.1. The van der Waals surface area contributed by atoms with E-state index in [1.165, 1.54) is 15.5 Å². The summed E-state index contributed by atoms with van der Waals surface area (Å²) in [6.45, 7) is 4.81. The summed E-state index contributed by atoms with van der Waals surface area (Å²) >= 11 is 0. The number of benzene rings is 2. The number of Topliss-reactive ketones (excluding diaryl/α,β-unsaturated/α-hetero) is 3. The van der Waals surface area contributed by atoms with Crippen molar-refractivity contribution in [2.75, 3.05) is 19.6 Å². The van der Waals surface area contributed by atoms with Crippen LogP contribution in [0.3, 0.4) is 0 Å². The molecular weight excluding hydrogens is 1110 g/mol. The zero-order valence-electron chi connectivity index (χ0n) is 48.7. The van der Waals surface area contributed by atoms with Gasteiger partial charge in [0.2, 0.25) is 35.4 Å². The fraction of sp³-hybridized carbons (Fsp3) is 0.508. The number of pyridine rings is 2. The summed E-state index contributed by atoms with van der Waals surface area (Å²) < 4.78 is 22.1. The molecule has 22 nitrogen and oxygen atoms in total. The SMILES string of the molecule is CCCC1CC(=O)N(CCCCCC(=O)C[C@@H](CC(=O)O)C(=O)NCC(=O)CCC(=O)N[C@@H](Cc2ccccc2)C(=O)CCC(=O)NCCCC(=O)N[C@H]2CCc3c(C)c(F)cc4nc5c(c2c34)Cn2c-5cc3c(c2=O)COC(=O)[C@]3(O)CC)C1=O. The molecule has 0 spiro atoms. The summed E-state index contributed by atoms with van der Waals surface area (Å²) in [7, 11) is 0. The maximum atomic E-state index is 15.4. The number of esters is 1. The number of likely N-dealkylation sites (tertiary alicyclic amines) is 1. The minimum Gasteiger partial charge on any atom is -0.481 e. The van der Waals surface area contributed by atoms with Crippen molar-refractivity contribution in [2.24, 2.45) is 11.8 Å². The third-order valence-corrected chi connectivity index (χ3v) is 16.9. The molecule has 1 aliphatic carbocycles. The number of aliphatic carboxylic acids is 1. The number of nitrogens with one attached hydrogen (secondary N) is 4. The van der Waals surface area contributed by atoms with Crippen LogP contribution in [-0.4, -0.2) is 115 Å². The maximum absolute atomic E-state index is 15.4. The van der Waals surface area contributed by atoms with Gasteiger partial charge in [-0.15, -0.1) is 0 Å². The summed E-state index contributed by atoms with van der Waals surface area (Å²) in [5, 5.41) is 32.5. The van der Waals surface area contributed by atoms with Crippen molar-refractivity contribution in [1.29, 1.82) is 0 Å². The molecule has 1 unspecified atom stereocenters. The molecule has 2 aromatic heterocycles. The first-order valence-electron chi connectivity index (χ1n) is 29.7. The van der Waals surface area contributed by atoms with Gasteiger partial charge in [-0.05, 0) is 86.6 Å². The zero-order valence-corrected chi connectivity index (χ0v) is 48.7. The number of carbonyl (C=O) groups excluding carboxylic acids is 10. The van der Waals surface area contributed by atoms with Crippen molar-refractivity contribution < 1.29 is 72.1 Å². The number of halogens is 1. The Morgan fingerprint density at radius 1 is 0.837 bits per heavy atom. The molecule has 5 heterocycles. The van der Waals surface area contributed by atoms with Gasteiger partial charge in [-0.2, -0.15) is 0 Å². The molecule has 6 N–H and O–H groups in total. The highest BCUT2D eigenvalue weighted by Crippen LogP contribution is 2.46. The second-order valence-corrected chi connectivity index (χ2v) is 22.9. The summed E-state index contributed by atoms with van der Waals surface area (Å²) in [5.74, 6) is -8.19. The normalized spacial score (nSPS) is 18.1. The van der Waals surface area contributed by atoms with E-state index in [1.54, 1.807) is 50.2 Å². The highest BCUT2D eigenvalue weighted by Gasteiger charge is 2.46. The topological polar surface area (TPSA) is 324 Å². The maximum Gasteiger partial charge on any atom is 0.343 e. The van der Waals surface area contributed by atoms with Gasteiger partial charge < -0.3 is 40.8 Å². The molecule has 0 saturated carbocycles. The lowest BCUT2D eigenvalue weighted by molar-refractivity contribution is -0.172. The smallest absolute Gasteiger partial charge is 0.343 e. The summed E-state index contributed by atoms with van der Waals surface area (Å²) in [6, 6.07) is 10.1. The Kier molecular flexibility index (Phi) is 20.9. The van der Waals surface area contributed by atoms with Crippen molar-refractivity contribution >= 4 is 75.6 Å². The molecule has 23 heteroatoms. The molecule has 5 atom stereocenters. The predicted molar refractivity (Wildman–Crippen MR) is 308 cm³/mol. The number of fused-ring (bicyclic) bond motifs is 5. The van der Waals surface area contributed by atoms with Gasteiger partial charge in [-0.3, -0.25) is 57.6 Å². The number of rotatable bonds is 31.